The number of anilines is 1. The Kier molecular flexibility index (Phi) is 3.90. The summed E-state index contributed by atoms with van der Waals surface area (Å²) in [5.41, 5.74) is 1.61. The number of carbonyl (C=O) groups is 1. The second-order valence-corrected chi connectivity index (χ2v) is 4.90. The summed E-state index contributed by atoms with van der Waals surface area (Å²) in [6.07, 6.45) is 1.19. The van der Waals surface area contributed by atoms with E-state index in [0.717, 1.165) is 11.3 Å². The lowest BCUT2D eigenvalue weighted by atomic mass is 10.2. The van der Waals surface area contributed by atoms with Gasteiger partial charge in [-0.15, -0.1) is 0 Å². The van der Waals surface area contributed by atoms with Crippen LogP contribution in [0.1, 0.15) is 21.7 Å². The fourth-order valence-corrected chi connectivity index (χ4v) is 1.95. The van der Waals surface area contributed by atoms with Gasteiger partial charge in [-0.3, -0.25) is 0 Å². The monoisotopic (exact) mass is 327 g/mol. The van der Waals surface area contributed by atoms with E-state index in [-0.39, 0.29) is 11.4 Å². The van der Waals surface area contributed by atoms with Crippen LogP contribution in [0.5, 0.6) is 0 Å². The Labute approximate surface area is 117 Å². The molecule has 0 aliphatic heterocycles. The maximum atomic E-state index is 13.3. The molecule has 19 heavy (non-hydrogen) atoms. The molecule has 0 unspecified atom stereocenters. The molecule has 0 fully saturated rings. The highest BCUT2D eigenvalue weighted by molar-refractivity contribution is 9.10. The predicted octanol–water partition coefficient (Wildman–Crippen LogP) is 3.80. The number of carboxylic acids is 1. The molecule has 4 nitrogen and oxygen atoms in total. The molecule has 0 radical (unpaired) electrons. The summed E-state index contributed by atoms with van der Waals surface area (Å²) in [7, 11) is 0. The molecule has 2 rings (SSSR count). The second-order valence-electron chi connectivity index (χ2n) is 4.04. The van der Waals surface area contributed by atoms with Crippen LogP contribution in [0.25, 0.3) is 0 Å². The maximum Gasteiger partial charge on any atom is 0.338 e. The number of nitrogens with one attached hydrogen (secondary N) is 1. The van der Waals surface area contributed by atoms with Crippen LogP contribution in [0.2, 0.25) is 0 Å². The molecule has 0 atom stereocenters. The standard InChI is InChI=1S/C13H11BrFNO3/c1-7-2-11(15)10(14)4-12(7)16-5-9-3-8(6-19-9)13(17)18/h2-4,6,16H,5H2,1H3,(H,17,18). The lowest BCUT2D eigenvalue weighted by molar-refractivity contribution is 0.0696. The second kappa shape index (κ2) is 5.44. The van der Waals surface area contributed by atoms with Crippen molar-refractivity contribution >= 4 is 27.6 Å². The maximum absolute atomic E-state index is 13.3. The van der Waals surface area contributed by atoms with Crippen molar-refractivity contribution in [2.24, 2.45) is 0 Å². The molecule has 2 N–H and O–H groups in total. The predicted molar refractivity (Wildman–Crippen MR) is 71.8 cm³/mol. The van der Waals surface area contributed by atoms with Crippen LogP contribution in [0, 0.1) is 12.7 Å². The molecule has 1 aromatic carbocycles. The number of hydrogen-bond donors (Lipinski definition) is 2. The fraction of sp³-hybridized carbons (Fsp3) is 0.154. The van der Waals surface area contributed by atoms with Crippen LogP contribution in [-0.4, -0.2) is 11.1 Å². The van der Waals surface area contributed by atoms with Crippen molar-refractivity contribution in [1.82, 2.24) is 0 Å². The van der Waals surface area contributed by atoms with Crippen molar-refractivity contribution < 1.29 is 18.7 Å². The minimum absolute atomic E-state index is 0.105. The van der Waals surface area contributed by atoms with Crippen molar-refractivity contribution in [2.75, 3.05) is 5.32 Å². The SMILES string of the molecule is Cc1cc(F)c(Br)cc1NCc1cc(C(=O)O)co1. The van der Waals surface area contributed by atoms with Gasteiger partial charge in [-0.2, -0.15) is 0 Å². The summed E-state index contributed by atoms with van der Waals surface area (Å²) in [6.45, 7) is 2.11. The molecular formula is C13H11BrFNO3. The molecule has 100 valence electrons. The number of rotatable bonds is 4. The minimum atomic E-state index is -1.03. The van der Waals surface area contributed by atoms with Crippen molar-refractivity contribution in [1.29, 1.82) is 0 Å². The summed E-state index contributed by atoms with van der Waals surface area (Å²) >= 11 is 3.11. The number of benzene rings is 1. The van der Waals surface area contributed by atoms with E-state index in [1.807, 2.05) is 0 Å². The van der Waals surface area contributed by atoms with E-state index in [1.54, 1.807) is 13.0 Å². The highest BCUT2D eigenvalue weighted by Crippen LogP contribution is 2.24. The molecule has 0 saturated carbocycles. The molecule has 0 aliphatic rings. The van der Waals surface area contributed by atoms with E-state index in [0.29, 0.717) is 16.8 Å². The smallest absolute Gasteiger partial charge is 0.338 e. The van der Waals surface area contributed by atoms with Crippen LogP contribution in [0.4, 0.5) is 10.1 Å². The fourth-order valence-electron chi connectivity index (χ4n) is 1.60. The Balaban J connectivity index is 2.09. The van der Waals surface area contributed by atoms with E-state index in [4.69, 9.17) is 9.52 Å². The van der Waals surface area contributed by atoms with Gasteiger partial charge in [0.05, 0.1) is 16.6 Å². The van der Waals surface area contributed by atoms with E-state index in [9.17, 15) is 9.18 Å². The molecule has 1 aromatic heterocycles. The molecule has 1 heterocycles. The van der Waals surface area contributed by atoms with Gasteiger partial charge in [0.2, 0.25) is 0 Å². The third kappa shape index (κ3) is 3.14. The first-order valence-electron chi connectivity index (χ1n) is 5.47. The van der Waals surface area contributed by atoms with Crippen molar-refractivity contribution in [3.05, 3.63) is 51.6 Å². The molecule has 0 amide bonds. The van der Waals surface area contributed by atoms with Crippen molar-refractivity contribution in [3.63, 3.8) is 0 Å². The third-order valence-electron chi connectivity index (χ3n) is 2.62. The lowest BCUT2D eigenvalue weighted by Gasteiger charge is -2.09. The Morgan fingerprint density at radius 2 is 2.21 bits per heavy atom. The normalized spacial score (nSPS) is 10.5. The molecule has 0 spiro atoms. The van der Waals surface area contributed by atoms with Crippen LogP contribution in [0.15, 0.2) is 33.4 Å². The van der Waals surface area contributed by atoms with Gasteiger partial charge in [-0.05, 0) is 46.6 Å². The number of aryl methyl sites for hydroxylation is 1. The van der Waals surface area contributed by atoms with Gasteiger partial charge in [0, 0.05) is 5.69 Å². The average molecular weight is 328 g/mol. The average Bonchev–Trinajstić information content (AvgIpc) is 2.81. The number of hydrogen-bond acceptors (Lipinski definition) is 3. The van der Waals surface area contributed by atoms with Gasteiger partial charge in [0.25, 0.3) is 0 Å². The molecule has 0 saturated heterocycles. The molecule has 0 bridgehead atoms. The summed E-state index contributed by atoms with van der Waals surface area (Å²) in [4.78, 5) is 10.7. The zero-order valence-electron chi connectivity index (χ0n) is 10.0. The zero-order chi connectivity index (χ0) is 14.0. The van der Waals surface area contributed by atoms with E-state index in [1.165, 1.54) is 18.4 Å². The first-order valence-corrected chi connectivity index (χ1v) is 6.27. The van der Waals surface area contributed by atoms with Gasteiger partial charge in [0.1, 0.15) is 17.8 Å². The summed E-state index contributed by atoms with van der Waals surface area (Å²) in [5.74, 6) is -0.859. The largest absolute Gasteiger partial charge is 0.478 e. The zero-order valence-corrected chi connectivity index (χ0v) is 11.6. The Hall–Kier alpha value is -1.82. The van der Waals surface area contributed by atoms with Crippen LogP contribution in [0.3, 0.4) is 0 Å². The van der Waals surface area contributed by atoms with E-state index >= 15 is 0 Å². The minimum Gasteiger partial charge on any atom is -0.478 e. The Bertz CT molecular complexity index is 624. The molecule has 6 heteroatoms. The topological polar surface area (TPSA) is 62.5 Å². The van der Waals surface area contributed by atoms with Gasteiger partial charge in [0.15, 0.2) is 0 Å². The molecule has 2 aromatic rings. The van der Waals surface area contributed by atoms with Gasteiger partial charge < -0.3 is 14.8 Å². The van der Waals surface area contributed by atoms with E-state index < -0.39 is 5.97 Å². The molecule has 0 aliphatic carbocycles. The number of furan rings is 1. The van der Waals surface area contributed by atoms with Gasteiger partial charge in [-0.1, -0.05) is 0 Å². The third-order valence-corrected chi connectivity index (χ3v) is 3.23. The Morgan fingerprint density at radius 1 is 1.47 bits per heavy atom. The number of carboxylic acid groups (broad SMARTS) is 1. The van der Waals surface area contributed by atoms with Crippen molar-refractivity contribution in [3.8, 4) is 0 Å². The summed E-state index contributed by atoms with van der Waals surface area (Å²) in [6, 6.07) is 4.49. The lowest BCUT2D eigenvalue weighted by Crippen LogP contribution is -2.01. The Morgan fingerprint density at radius 3 is 2.84 bits per heavy atom. The number of aromatic carboxylic acids is 1. The van der Waals surface area contributed by atoms with Crippen molar-refractivity contribution in [2.45, 2.75) is 13.5 Å². The summed E-state index contributed by atoms with van der Waals surface area (Å²) in [5, 5.41) is 11.8. The number of halogens is 2. The first-order chi connectivity index (χ1) is 8.97. The van der Waals surface area contributed by atoms with Gasteiger partial charge >= 0.3 is 5.97 Å². The van der Waals surface area contributed by atoms with Crippen LogP contribution in [-0.2, 0) is 6.54 Å². The quantitative estimate of drug-likeness (QED) is 0.896. The summed E-state index contributed by atoms with van der Waals surface area (Å²) < 4.78 is 18.7. The highest BCUT2D eigenvalue weighted by Gasteiger charge is 2.09. The van der Waals surface area contributed by atoms with Crippen LogP contribution >= 0.6 is 15.9 Å². The first kappa shape index (κ1) is 13.6. The highest BCUT2D eigenvalue weighted by atomic mass is 79.9. The van der Waals surface area contributed by atoms with Crippen LogP contribution < -0.4 is 5.32 Å². The van der Waals surface area contributed by atoms with E-state index in [2.05, 4.69) is 21.2 Å². The molecular weight excluding hydrogens is 317 g/mol. The van der Waals surface area contributed by atoms with Gasteiger partial charge in [-0.25, -0.2) is 9.18 Å².